The molecule has 8 nitrogen and oxygen atoms in total. The summed E-state index contributed by atoms with van der Waals surface area (Å²) in [7, 11) is 3.91. The Kier molecular flexibility index (Phi) is 7.11. The van der Waals surface area contributed by atoms with Crippen molar-refractivity contribution in [3.63, 3.8) is 0 Å². The molecule has 1 unspecified atom stereocenters. The van der Waals surface area contributed by atoms with Crippen molar-refractivity contribution in [1.29, 1.82) is 0 Å². The van der Waals surface area contributed by atoms with Gasteiger partial charge in [0.05, 0.1) is 17.9 Å². The second-order valence-electron chi connectivity index (χ2n) is 6.56. The molecule has 0 aliphatic carbocycles. The standard InChI is InChI=1S/C20H22N4O4S2/c1-4-28-19(27)14-9-10-29-18(14)22-16(25)11-15-17(26)23-20(30-15)21-12-5-7-13(8-6-12)24(2)3/h5-10,15H,4,11H2,1-3H3,(H,22,25)(H,21,23,26). The zero-order valence-electron chi connectivity index (χ0n) is 16.8. The Morgan fingerprint density at radius 2 is 1.97 bits per heavy atom. The van der Waals surface area contributed by atoms with E-state index in [9.17, 15) is 14.4 Å². The SMILES string of the molecule is CCOC(=O)c1ccsc1NC(=O)CC1SC(=Nc2ccc(N(C)C)cc2)NC1=O. The fourth-order valence-corrected chi connectivity index (χ4v) is 4.44. The van der Waals surface area contributed by atoms with Gasteiger partial charge in [0, 0.05) is 26.2 Å². The highest BCUT2D eigenvalue weighted by molar-refractivity contribution is 8.15. The summed E-state index contributed by atoms with van der Waals surface area (Å²) in [5.41, 5.74) is 2.07. The number of thiophene rings is 1. The number of amidine groups is 1. The smallest absolute Gasteiger partial charge is 0.341 e. The Bertz CT molecular complexity index is 969. The molecule has 2 aromatic rings. The van der Waals surface area contributed by atoms with E-state index in [1.807, 2.05) is 43.3 Å². The Morgan fingerprint density at radius 3 is 2.63 bits per heavy atom. The lowest BCUT2D eigenvalue weighted by Gasteiger charge is -2.11. The molecule has 0 saturated carbocycles. The fourth-order valence-electron chi connectivity index (χ4n) is 2.66. The van der Waals surface area contributed by atoms with Gasteiger partial charge in [-0.05, 0) is 42.6 Å². The molecule has 1 aromatic heterocycles. The number of hydrogen-bond donors (Lipinski definition) is 2. The van der Waals surface area contributed by atoms with Crippen LogP contribution in [-0.2, 0) is 14.3 Å². The lowest BCUT2D eigenvalue weighted by atomic mass is 10.2. The number of nitrogens with zero attached hydrogens (tertiary/aromatic N) is 2. The van der Waals surface area contributed by atoms with E-state index in [0.717, 1.165) is 5.69 Å². The van der Waals surface area contributed by atoms with Gasteiger partial charge in [0.25, 0.3) is 0 Å². The monoisotopic (exact) mass is 446 g/mol. The number of ether oxygens (including phenoxy) is 1. The van der Waals surface area contributed by atoms with Gasteiger partial charge in [-0.3, -0.25) is 9.59 Å². The third kappa shape index (κ3) is 5.39. The molecule has 30 heavy (non-hydrogen) atoms. The predicted octanol–water partition coefficient (Wildman–Crippen LogP) is 3.24. The molecular formula is C20H22N4O4S2. The minimum Gasteiger partial charge on any atom is -0.462 e. The van der Waals surface area contributed by atoms with Crippen LogP contribution in [0.5, 0.6) is 0 Å². The number of esters is 1. The van der Waals surface area contributed by atoms with Crippen LogP contribution in [-0.4, -0.2) is 48.9 Å². The highest BCUT2D eigenvalue weighted by Crippen LogP contribution is 2.28. The van der Waals surface area contributed by atoms with Crippen LogP contribution in [0.15, 0.2) is 40.7 Å². The Morgan fingerprint density at radius 1 is 1.23 bits per heavy atom. The highest BCUT2D eigenvalue weighted by Gasteiger charge is 2.32. The summed E-state index contributed by atoms with van der Waals surface area (Å²) in [6.45, 7) is 1.97. The molecule has 0 spiro atoms. The lowest BCUT2D eigenvalue weighted by Crippen LogP contribution is -2.28. The summed E-state index contributed by atoms with van der Waals surface area (Å²) in [5, 5.41) is 7.40. The molecule has 0 radical (unpaired) electrons. The van der Waals surface area contributed by atoms with Crippen LogP contribution >= 0.6 is 23.1 Å². The zero-order chi connectivity index (χ0) is 21.7. The number of rotatable bonds is 7. The van der Waals surface area contributed by atoms with Gasteiger partial charge >= 0.3 is 5.97 Å². The number of amides is 2. The van der Waals surface area contributed by atoms with Crippen molar-refractivity contribution in [2.45, 2.75) is 18.6 Å². The molecule has 1 saturated heterocycles. The quantitative estimate of drug-likeness (QED) is 0.634. The minimum atomic E-state index is -0.587. The van der Waals surface area contributed by atoms with E-state index in [-0.39, 0.29) is 24.8 Å². The van der Waals surface area contributed by atoms with Crippen LogP contribution in [0.2, 0.25) is 0 Å². The molecule has 1 aromatic carbocycles. The van der Waals surface area contributed by atoms with Crippen LogP contribution in [0.25, 0.3) is 0 Å². The van der Waals surface area contributed by atoms with Gasteiger partial charge in [-0.25, -0.2) is 9.79 Å². The van der Waals surface area contributed by atoms with Gasteiger partial charge in [0.15, 0.2) is 5.17 Å². The minimum absolute atomic E-state index is 0.0325. The van der Waals surface area contributed by atoms with Crippen molar-refractivity contribution in [2.75, 3.05) is 30.9 Å². The van der Waals surface area contributed by atoms with Gasteiger partial charge in [-0.15, -0.1) is 11.3 Å². The first-order valence-corrected chi connectivity index (χ1v) is 11.0. The van der Waals surface area contributed by atoms with Gasteiger partial charge in [0.1, 0.15) is 10.3 Å². The van der Waals surface area contributed by atoms with E-state index in [4.69, 9.17) is 4.74 Å². The van der Waals surface area contributed by atoms with Crippen molar-refractivity contribution in [3.8, 4) is 0 Å². The number of carbonyl (C=O) groups is 3. The molecule has 2 heterocycles. The number of nitrogens with one attached hydrogen (secondary N) is 2. The van der Waals surface area contributed by atoms with Crippen molar-refractivity contribution in [2.24, 2.45) is 4.99 Å². The first-order valence-electron chi connectivity index (χ1n) is 9.25. The first-order chi connectivity index (χ1) is 14.4. The maximum atomic E-state index is 12.4. The Balaban J connectivity index is 1.60. The molecule has 10 heteroatoms. The molecule has 158 valence electrons. The van der Waals surface area contributed by atoms with E-state index in [2.05, 4.69) is 15.6 Å². The van der Waals surface area contributed by atoms with Crippen LogP contribution < -0.4 is 15.5 Å². The third-order valence-corrected chi connectivity index (χ3v) is 6.07. The maximum Gasteiger partial charge on any atom is 0.341 e. The Hall–Kier alpha value is -2.85. The summed E-state index contributed by atoms with van der Waals surface area (Å²) in [6.07, 6.45) is -0.0325. The molecule has 3 rings (SSSR count). The van der Waals surface area contributed by atoms with Gasteiger partial charge in [-0.2, -0.15) is 0 Å². The van der Waals surface area contributed by atoms with E-state index in [0.29, 0.717) is 21.4 Å². The molecule has 1 atom stereocenters. The van der Waals surface area contributed by atoms with Crippen LogP contribution in [0.4, 0.5) is 16.4 Å². The molecule has 0 bridgehead atoms. The maximum absolute atomic E-state index is 12.4. The van der Waals surface area contributed by atoms with Crippen molar-refractivity contribution >= 4 is 62.4 Å². The summed E-state index contributed by atoms with van der Waals surface area (Å²) >= 11 is 2.44. The van der Waals surface area contributed by atoms with E-state index in [1.54, 1.807) is 18.4 Å². The normalized spacial score (nSPS) is 17.0. The molecule has 1 fully saturated rings. The fraction of sp³-hybridized carbons (Fsp3) is 0.300. The van der Waals surface area contributed by atoms with E-state index < -0.39 is 11.2 Å². The first kappa shape index (κ1) is 21.8. The number of hydrogen-bond acceptors (Lipinski definition) is 8. The van der Waals surface area contributed by atoms with Crippen LogP contribution in [0.1, 0.15) is 23.7 Å². The van der Waals surface area contributed by atoms with Crippen molar-refractivity contribution in [3.05, 3.63) is 41.3 Å². The second-order valence-corrected chi connectivity index (χ2v) is 8.67. The number of thioether (sulfide) groups is 1. The molecule has 1 aliphatic heterocycles. The zero-order valence-corrected chi connectivity index (χ0v) is 18.4. The van der Waals surface area contributed by atoms with Crippen molar-refractivity contribution < 1.29 is 19.1 Å². The predicted molar refractivity (Wildman–Crippen MR) is 121 cm³/mol. The van der Waals surface area contributed by atoms with Gasteiger partial charge < -0.3 is 20.3 Å². The summed E-state index contributed by atoms with van der Waals surface area (Å²) in [6, 6.07) is 9.20. The number of benzene rings is 1. The molecule has 1 aliphatic rings. The van der Waals surface area contributed by atoms with E-state index in [1.165, 1.54) is 23.1 Å². The summed E-state index contributed by atoms with van der Waals surface area (Å²) < 4.78 is 4.98. The van der Waals surface area contributed by atoms with Gasteiger partial charge in [-0.1, -0.05) is 11.8 Å². The number of anilines is 2. The topological polar surface area (TPSA) is 100 Å². The second kappa shape index (κ2) is 9.77. The number of aliphatic imine (C=N–C) groups is 1. The molecule has 2 amide bonds. The van der Waals surface area contributed by atoms with E-state index >= 15 is 0 Å². The van der Waals surface area contributed by atoms with Crippen molar-refractivity contribution in [1.82, 2.24) is 5.32 Å². The molecule has 2 N–H and O–H groups in total. The van der Waals surface area contributed by atoms with Crippen LogP contribution in [0.3, 0.4) is 0 Å². The Labute approximate surface area is 182 Å². The largest absolute Gasteiger partial charge is 0.462 e. The lowest BCUT2D eigenvalue weighted by molar-refractivity contribution is -0.122. The average molecular weight is 447 g/mol. The molecular weight excluding hydrogens is 424 g/mol. The summed E-state index contributed by atoms with van der Waals surface area (Å²) in [5.74, 6) is -1.11. The third-order valence-electron chi connectivity index (χ3n) is 4.16. The van der Waals surface area contributed by atoms with Crippen LogP contribution in [0, 0.1) is 0 Å². The highest BCUT2D eigenvalue weighted by atomic mass is 32.2. The average Bonchev–Trinajstić information content (AvgIpc) is 3.29. The van der Waals surface area contributed by atoms with Gasteiger partial charge in [0.2, 0.25) is 11.8 Å². The summed E-state index contributed by atoms with van der Waals surface area (Å²) in [4.78, 5) is 43.0. The number of carbonyl (C=O) groups excluding carboxylic acids is 3.